The number of furan rings is 1. The van der Waals surface area contributed by atoms with Crippen molar-refractivity contribution in [2.24, 2.45) is 4.99 Å². The minimum absolute atomic E-state index is 0.270. The highest BCUT2D eigenvalue weighted by Crippen LogP contribution is 2.33. The molecule has 6 heteroatoms. The number of benzene rings is 1. The average Bonchev–Trinajstić information content (AvgIpc) is 2.79. The second kappa shape index (κ2) is 6.54. The monoisotopic (exact) mass is 318 g/mol. The Balaban J connectivity index is 2.45. The fraction of sp³-hybridized carbons (Fsp3) is 0.250. The van der Waals surface area contributed by atoms with Gasteiger partial charge in [0.25, 0.3) is 0 Å². The second-order valence-electron chi connectivity index (χ2n) is 4.56. The van der Waals surface area contributed by atoms with E-state index >= 15 is 0 Å². The van der Waals surface area contributed by atoms with Crippen LogP contribution in [-0.4, -0.2) is 20.4 Å². The summed E-state index contributed by atoms with van der Waals surface area (Å²) in [7, 11) is 3.07. The quantitative estimate of drug-likeness (QED) is 0.793. The van der Waals surface area contributed by atoms with Crippen LogP contribution in [0.5, 0.6) is 11.5 Å². The molecule has 0 N–H and O–H groups in total. The van der Waals surface area contributed by atoms with Crippen LogP contribution in [-0.2, 0) is 0 Å². The Labute approximate surface area is 133 Å². The molecule has 5 nitrogen and oxygen atoms in total. The summed E-state index contributed by atoms with van der Waals surface area (Å²) in [4.78, 5) is 4.24. The van der Waals surface area contributed by atoms with Gasteiger partial charge in [0, 0.05) is 23.4 Å². The van der Waals surface area contributed by atoms with E-state index in [0.29, 0.717) is 33.4 Å². The van der Waals surface area contributed by atoms with Crippen LogP contribution in [0.15, 0.2) is 21.5 Å². The van der Waals surface area contributed by atoms with Crippen LogP contribution in [0.25, 0.3) is 0 Å². The van der Waals surface area contributed by atoms with Gasteiger partial charge in [-0.25, -0.2) is 4.99 Å². The molecule has 0 fully saturated rings. The third-order valence-corrected chi connectivity index (χ3v) is 3.60. The van der Waals surface area contributed by atoms with Gasteiger partial charge in [0.05, 0.1) is 19.2 Å². The van der Waals surface area contributed by atoms with Crippen molar-refractivity contribution in [3.05, 3.63) is 39.6 Å². The molecule has 0 aliphatic rings. The van der Waals surface area contributed by atoms with Gasteiger partial charge in [0.15, 0.2) is 0 Å². The Morgan fingerprint density at radius 1 is 1.23 bits per heavy atom. The molecule has 22 heavy (non-hydrogen) atoms. The molecule has 0 radical (unpaired) electrons. The van der Waals surface area contributed by atoms with Crippen molar-refractivity contribution in [2.45, 2.75) is 13.8 Å². The number of nitriles is 1. The highest BCUT2D eigenvalue weighted by atomic mass is 35.5. The lowest BCUT2D eigenvalue weighted by molar-refractivity contribution is 0.394. The van der Waals surface area contributed by atoms with Gasteiger partial charge in [-0.05, 0) is 19.9 Å². The van der Waals surface area contributed by atoms with Gasteiger partial charge in [-0.2, -0.15) is 5.26 Å². The fourth-order valence-electron chi connectivity index (χ4n) is 1.94. The molecular formula is C16H15ClN2O3. The zero-order valence-electron chi connectivity index (χ0n) is 12.7. The van der Waals surface area contributed by atoms with Crippen molar-refractivity contribution in [2.75, 3.05) is 14.2 Å². The van der Waals surface area contributed by atoms with Crippen molar-refractivity contribution < 1.29 is 13.9 Å². The first-order valence-electron chi connectivity index (χ1n) is 6.47. The largest absolute Gasteiger partial charge is 0.496 e. The first kappa shape index (κ1) is 15.9. The van der Waals surface area contributed by atoms with Crippen LogP contribution in [0.3, 0.4) is 0 Å². The molecule has 1 aromatic heterocycles. The lowest BCUT2D eigenvalue weighted by Gasteiger charge is -2.08. The summed E-state index contributed by atoms with van der Waals surface area (Å²) >= 11 is 6.11. The highest BCUT2D eigenvalue weighted by Gasteiger charge is 2.14. The van der Waals surface area contributed by atoms with Gasteiger partial charge in [-0.15, -0.1) is 0 Å². The normalized spacial score (nSPS) is 10.7. The first-order chi connectivity index (χ1) is 10.5. The van der Waals surface area contributed by atoms with E-state index in [1.807, 2.05) is 6.92 Å². The van der Waals surface area contributed by atoms with Crippen molar-refractivity contribution >= 4 is 23.7 Å². The second-order valence-corrected chi connectivity index (χ2v) is 4.97. The smallest absolute Gasteiger partial charge is 0.237 e. The lowest BCUT2D eigenvalue weighted by atomic mass is 10.2. The molecule has 2 rings (SSSR count). The van der Waals surface area contributed by atoms with Crippen molar-refractivity contribution in [3.8, 4) is 17.6 Å². The molecule has 0 amide bonds. The van der Waals surface area contributed by atoms with Crippen molar-refractivity contribution in [1.29, 1.82) is 5.26 Å². The fourth-order valence-corrected chi connectivity index (χ4v) is 2.19. The van der Waals surface area contributed by atoms with Gasteiger partial charge in [0.1, 0.15) is 28.9 Å². The molecule has 0 aliphatic carbocycles. The van der Waals surface area contributed by atoms with Crippen LogP contribution in [0, 0.1) is 25.2 Å². The summed E-state index contributed by atoms with van der Waals surface area (Å²) in [5.41, 5.74) is 1.87. The molecular weight excluding hydrogens is 304 g/mol. The van der Waals surface area contributed by atoms with E-state index in [1.54, 1.807) is 32.4 Å². The van der Waals surface area contributed by atoms with E-state index in [0.717, 1.165) is 5.56 Å². The number of ether oxygens (including phenoxy) is 2. The van der Waals surface area contributed by atoms with E-state index in [-0.39, 0.29) is 5.88 Å². The maximum atomic E-state index is 9.18. The van der Waals surface area contributed by atoms with Gasteiger partial charge in [-0.3, -0.25) is 0 Å². The molecule has 1 heterocycles. The summed E-state index contributed by atoms with van der Waals surface area (Å²) < 4.78 is 15.9. The summed E-state index contributed by atoms with van der Waals surface area (Å²) in [6.45, 7) is 3.61. The third-order valence-electron chi connectivity index (χ3n) is 3.30. The Morgan fingerprint density at radius 2 is 1.91 bits per heavy atom. The minimum atomic E-state index is 0.270. The van der Waals surface area contributed by atoms with Crippen molar-refractivity contribution in [1.82, 2.24) is 0 Å². The zero-order valence-corrected chi connectivity index (χ0v) is 13.5. The number of rotatable bonds is 4. The number of hydrogen-bond donors (Lipinski definition) is 0. The van der Waals surface area contributed by atoms with E-state index < -0.39 is 0 Å². The molecule has 0 atom stereocenters. The topological polar surface area (TPSA) is 67.8 Å². The Bertz CT molecular complexity index is 773. The first-order valence-corrected chi connectivity index (χ1v) is 6.85. The molecule has 114 valence electrons. The van der Waals surface area contributed by atoms with E-state index in [4.69, 9.17) is 25.5 Å². The molecule has 0 aliphatic heterocycles. The number of aryl methyl sites for hydroxylation is 1. The molecule has 0 saturated heterocycles. The summed E-state index contributed by atoms with van der Waals surface area (Å²) in [6.07, 6.45) is 1.54. The third kappa shape index (κ3) is 2.92. The van der Waals surface area contributed by atoms with Crippen LogP contribution >= 0.6 is 11.6 Å². The molecule has 1 aromatic carbocycles. The van der Waals surface area contributed by atoms with Gasteiger partial charge in [-0.1, -0.05) is 11.6 Å². The van der Waals surface area contributed by atoms with Gasteiger partial charge in [0.2, 0.25) is 5.88 Å². The van der Waals surface area contributed by atoms with Crippen LogP contribution in [0.4, 0.5) is 5.88 Å². The number of halogens is 1. The Kier molecular flexibility index (Phi) is 4.74. The summed E-state index contributed by atoms with van der Waals surface area (Å²) in [6, 6.07) is 5.45. The molecule has 2 aromatic rings. The van der Waals surface area contributed by atoms with Crippen LogP contribution in [0.1, 0.15) is 22.5 Å². The zero-order chi connectivity index (χ0) is 16.3. The van der Waals surface area contributed by atoms with Crippen LogP contribution in [0.2, 0.25) is 5.02 Å². The lowest BCUT2D eigenvalue weighted by Crippen LogP contribution is -1.93. The Hall–Kier alpha value is -2.45. The molecule has 0 saturated carbocycles. The highest BCUT2D eigenvalue weighted by molar-refractivity contribution is 6.32. The number of hydrogen-bond acceptors (Lipinski definition) is 5. The summed E-state index contributed by atoms with van der Waals surface area (Å²) in [5, 5.41) is 9.62. The molecule has 0 bridgehead atoms. The minimum Gasteiger partial charge on any atom is -0.496 e. The average molecular weight is 319 g/mol. The maximum absolute atomic E-state index is 9.18. The number of aliphatic imine (C=N–C) groups is 1. The van der Waals surface area contributed by atoms with E-state index in [2.05, 4.69) is 11.1 Å². The van der Waals surface area contributed by atoms with Gasteiger partial charge >= 0.3 is 0 Å². The Morgan fingerprint density at radius 3 is 2.50 bits per heavy atom. The van der Waals surface area contributed by atoms with E-state index in [1.165, 1.54) is 7.11 Å². The predicted molar refractivity (Wildman–Crippen MR) is 84.7 cm³/mol. The van der Waals surface area contributed by atoms with Gasteiger partial charge < -0.3 is 13.9 Å². The van der Waals surface area contributed by atoms with E-state index in [9.17, 15) is 5.26 Å². The molecule has 0 unspecified atom stereocenters. The standard InChI is InChI=1S/C16H15ClN2O3/c1-9-10(2)22-16(12(9)7-18)19-8-11-5-13(17)15(21-4)6-14(11)20-3/h5-6,8H,1-4H3. The predicted octanol–water partition coefficient (Wildman–Crippen LogP) is 4.19. The SMILES string of the molecule is COc1cc(OC)c(C=Nc2oc(C)c(C)c2C#N)cc1Cl. The molecule has 0 spiro atoms. The maximum Gasteiger partial charge on any atom is 0.237 e. The number of nitrogens with zero attached hydrogens (tertiary/aromatic N) is 2. The number of methoxy groups -OCH3 is 2. The van der Waals surface area contributed by atoms with Crippen molar-refractivity contribution in [3.63, 3.8) is 0 Å². The summed E-state index contributed by atoms with van der Waals surface area (Å²) in [5.74, 6) is 2.01. The van der Waals surface area contributed by atoms with Crippen LogP contribution < -0.4 is 9.47 Å².